The van der Waals surface area contributed by atoms with Crippen LogP contribution in [0.1, 0.15) is 71.4 Å². The summed E-state index contributed by atoms with van der Waals surface area (Å²) in [6.07, 6.45) is 1.30. The number of thiazole rings is 1. The summed E-state index contributed by atoms with van der Waals surface area (Å²) in [5.41, 5.74) is -0.384. The van der Waals surface area contributed by atoms with Gasteiger partial charge < -0.3 is 14.5 Å². The van der Waals surface area contributed by atoms with Gasteiger partial charge in [0, 0.05) is 30.6 Å². The molecular weight excluding hydrogens is 457 g/mol. The third-order valence-electron chi connectivity index (χ3n) is 6.03. The molecule has 7 nitrogen and oxygen atoms in total. The molecule has 0 spiro atoms. The molecule has 3 rings (SSSR count). The minimum Gasteiger partial charge on any atom is -0.444 e. The van der Waals surface area contributed by atoms with Crippen LogP contribution in [-0.2, 0) is 16.1 Å². The van der Waals surface area contributed by atoms with Crippen molar-refractivity contribution in [3.63, 3.8) is 0 Å². The number of ether oxygens (including phenoxy) is 1. The fraction of sp³-hybridized carbons (Fsp3) is 0.773. The Labute approximate surface area is 196 Å². The highest BCUT2D eigenvalue weighted by Gasteiger charge is 2.45. The van der Waals surface area contributed by atoms with Gasteiger partial charge in [0.1, 0.15) is 5.60 Å². The predicted molar refractivity (Wildman–Crippen MR) is 120 cm³/mol. The van der Waals surface area contributed by atoms with Crippen LogP contribution in [0.5, 0.6) is 0 Å². The van der Waals surface area contributed by atoms with Crippen molar-refractivity contribution in [2.45, 2.75) is 96.1 Å². The maximum absolute atomic E-state index is 13.4. The molecule has 0 radical (unpaired) electrons. The normalized spacial score (nSPS) is 19.3. The second kappa shape index (κ2) is 10.6. The average molecular weight is 491 g/mol. The molecular formula is C22H33F3N4O3S. The van der Waals surface area contributed by atoms with Crippen LogP contribution in [0, 0.1) is 0 Å². The number of nitrogens with one attached hydrogen (secondary N) is 1. The average Bonchev–Trinajstić information content (AvgIpc) is 3.17. The molecule has 2 fully saturated rings. The van der Waals surface area contributed by atoms with Crippen LogP contribution in [0.15, 0.2) is 5.38 Å². The fourth-order valence-electron chi connectivity index (χ4n) is 4.54. The first kappa shape index (κ1) is 25.7. The minimum absolute atomic E-state index is 0.214. The summed E-state index contributed by atoms with van der Waals surface area (Å²) < 4.78 is 45.3. The van der Waals surface area contributed by atoms with E-state index in [0.717, 1.165) is 29.1 Å². The molecule has 11 heteroatoms. The van der Waals surface area contributed by atoms with E-state index in [4.69, 9.17) is 4.74 Å². The van der Waals surface area contributed by atoms with Gasteiger partial charge in [-0.05, 0) is 46.5 Å². The second-order valence-electron chi connectivity index (χ2n) is 9.76. The van der Waals surface area contributed by atoms with Crippen LogP contribution in [0.3, 0.4) is 0 Å². The number of aromatic nitrogens is 1. The smallest absolute Gasteiger partial charge is 0.444 e. The number of amides is 2. The number of likely N-dealkylation sites (tertiary alicyclic amines) is 1. The number of hydrogen-bond donors (Lipinski definition) is 1. The topological polar surface area (TPSA) is 74.8 Å². The van der Waals surface area contributed by atoms with Crippen molar-refractivity contribution in [1.82, 2.24) is 14.8 Å². The lowest BCUT2D eigenvalue weighted by molar-refractivity contribution is -0.189. The van der Waals surface area contributed by atoms with Gasteiger partial charge in [-0.2, -0.15) is 13.2 Å². The summed E-state index contributed by atoms with van der Waals surface area (Å²) in [5.74, 6) is -1.84. The minimum atomic E-state index is -4.95. The lowest BCUT2D eigenvalue weighted by Gasteiger charge is -2.42. The molecule has 1 aromatic heterocycles. The van der Waals surface area contributed by atoms with Gasteiger partial charge >= 0.3 is 18.2 Å². The molecule has 1 aliphatic carbocycles. The molecule has 2 amide bonds. The third-order valence-corrected chi connectivity index (χ3v) is 6.83. The highest BCUT2D eigenvalue weighted by atomic mass is 32.1. The number of halogens is 3. The number of carbonyl (C=O) groups excluding carboxylic acids is 2. The molecule has 186 valence electrons. The van der Waals surface area contributed by atoms with Gasteiger partial charge in [-0.25, -0.2) is 9.78 Å². The van der Waals surface area contributed by atoms with E-state index >= 15 is 0 Å². The van der Waals surface area contributed by atoms with Gasteiger partial charge in [-0.3, -0.25) is 10.1 Å². The van der Waals surface area contributed by atoms with E-state index in [1.54, 1.807) is 26.2 Å². The molecule has 0 aromatic carbocycles. The van der Waals surface area contributed by atoms with Gasteiger partial charge in [0.2, 0.25) is 0 Å². The van der Waals surface area contributed by atoms with Crippen LogP contribution in [0.2, 0.25) is 0 Å². The zero-order valence-corrected chi connectivity index (χ0v) is 20.2. The first-order chi connectivity index (χ1) is 15.4. The molecule has 1 aromatic rings. The summed E-state index contributed by atoms with van der Waals surface area (Å²) in [6.45, 7) is 6.30. The SMILES string of the molecule is CC(C)(C)OC(=O)Nc1nc(CN(C(=O)C(F)(F)F)C2CCN(C3CCCCC3)CC2)cs1. The Bertz CT molecular complexity index is 811. The van der Waals surface area contributed by atoms with Crippen molar-refractivity contribution >= 4 is 28.5 Å². The summed E-state index contributed by atoms with van der Waals surface area (Å²) in [5, 5.41) is 4.26. The van der Waals surface area contributed by atoms with E-state index in [1.807, 2.05) is 0 Å². The van der Waals surface area contributed by atoms with Gasteiger partial charge in [0.15, 0.2) is 5.13 Å². The Hall–Kier alpha value is -1.88. The molecule has 33 heavy (non-hydrogen) atoms. The van der Waals surface area contributed by atoms with E-state index in [-0.39, 0.29) is 11.7 Å². The van der Waals surface area contributed by atoms with Crippen molar-refractivity contribution in [2.75, 3.05) is 18.4 Å². The van der Waals surface area contributed by atoms with E-state index in [1.165, 1.54) is 19.3 Å². The predicted octanol–water partition coefficient (Wildman–Crippen LogP) is 5.18. The molecule has 1 saturated heterocycles. The Morgan fingerprint density at radius 3 is 2.36 bits per heavy atom. The van der Waals surface area contributed by atoms with Crippen molar-refractivity contribution in [3.05, 3.63) is 11.1 Å². The highest BCUT2D eigenvalue weighted by Crippen LogP contribution is 2.30. The Balaban J connectivity index is 1.64. The van der Waals surface area contributed by atoms with Gasteiger partial charge in [0.25, 0.3) is 0 Å². The van der Waals surface area contributed by atoms with E-state index in [2.05, 4.69) is 15.2 Å². The van der Waals surface area contributed by atoms with E-state index in [0.29, 0.717) is 37.7 Å². The van der Waals surface area contributed by atoms with Crippen LogP contribution in [-0.4, -0.2) is 63.7 Å². The van der Waals surface area contributed by atoms with Crippen molar-refractivity contribution in [1.29, 1.82) is 0 Å². The monoisotopic (exact) mass is 490 g/mol. The van der Waals surface area contributed by atoms with Crippen molar-refractivity contribution in [3.8, 4) is 0 Å². The fourth-order valence-corrected chi connectivity index (χ4v) is 5.23. The third kappa shape index (κ3) is 7.56. The lowest BCUT2D eigenvalue weighted by Crippen LogP contribution is -2.52. The summed E-state index contributed by atoms with van der Waals surface area (Å²) >= 11 is 1.08. The van der Waals surface area contributed by atoms with E-state index < -0.39 is 29.8 Å². The molecule has 1 N–H and O–H groups in total. The van der Waals surface area contributed by atoms with Gasteiger partial charge in [0.05, 0.1) is 12.2 Å². The Kier molecular flexibility index (Phi) is 8.26. The van der Waals surface area contributed by atoms with Crippen molar-refractivity contribution in [2.24, 2.45) is 0 Å². The van der Waals surface area contributed by atoms with Crippen LogP contribution < -0.4 is 5.32 Å². The lowest BCUT2D eigenvalue weighted by atomic mass is 9.91. The van der Waals surface area contributed by atoms with Crippen LogP contribution in [0.4, 0.5) is 23.1 Å². The zero-order chi connectivity index (χ0) is 24.2. The summed E-state index contributed by atoms with van der Waals surface area (Å²) in [4.78, 5) is 31.7. The first-order valence-electron chi connectivity index (χ1n) is 11.5. The quantitative estimate of drug-likeness (QED) is 0.616. The van der Waals surface area contributed by atoms with Crippen LogP contribution >= 0.6 is 11.3 Å². The number of carbonyl (C=O) groups is 2. The molecule has 0 atom stereocenters. The molecule has 1 saturated carbocycles. The second-order valence-corrected chi connectivity index (χ2v) is 10.6. The van der Waals surface area contributed by atoms with Crippen LogP contribution in [0.25, 0.3) is 0 Å². The first-order valence-corrected chi connectivity index (χ1v) is 12.4. The largest absolute Gasteiger partial charge is 0.471 e. The Morgan fingerprint density at radius 2 is 1.79 bits per heavy atom. The number of alkyl halides is 3. The number of hydrogen-bond acceptors (Lipinski definition) is 6. The molecule has 0 unspecified atom stereocenters. The number of anilines is 1. The number of piperidine rings is 1. The molecule has 2 heterocycles. The molecule has 2 aliphatic rings. The molecule has 0 bridgehead atoms. The van der Waals surface area contributed by atoms with Gasteiger partial charge in [-0.1, -0.05) is 19.3 Å². The molecule has 1 aliphatic heterocycles. The standard InChI is InChI=1S/C22H33F3N4O3S/c1-21(2,3)32-20(31)27-19-26-15(14-33-19)13-29(18(30)22(23,24)25)17-9-11-28(12-10-17)16-7-5-4-6-8-16/h14,16-17H,4-13H2,1-3H3,(H,26,27,31). The Morgan fingerprint density at radius 1 is 1.15 bits per heavy atom. The summed E-state index contributed by atoms with van der Waals surface area (Å²) in [7, 11) is 0. The van der Waals surface area contributed by atoms with Gasteiger partial charge in [-0.15, -0.1) is 11.3 Å². The maximum Gasteiger partial charge on any atom is 0.471 e. The van der Waals surface area contributed by atoms with E-state index in [9.17, 15) is 22.8 Å². The number of nitrogens with zero attached hydrogens (tertiary/aromatic N) is 3. The van der Waals surface area contributed by atoms with Crippen molar-refractivity contribution < 1.29 is 27.5 Å². The maximum atomic E-state index is 13.4. The number of rotatable bonds is 5. The summed E-state index contributed by atoms with van der Waals surface area (Å²) in [6, 6.07) is 0.00873. The zero-order valence-electron chi connectivity index (χ0n) is 19.4. The highest BCUT2D eigenvalue weighted by molar-refractivity contribution is 7.13.